The molecule has 0 aliphatic carbocycles. The minimum absolute atomic E-state index is 0.104. The maximum atomic E-state index is 12.0. The van der Waals surface area contributed by atoms with Gasteiger partial charge in [-0.05, 0) is 33.6 Å². The molecule has 0 N–H and O–H groups in total. The average Bonchev–Trinajstić information content (AvgIpc) is 2.94. The van der Waals surface area contributed by atoms with Crippen LogP contribution in [0.25, 0.3) is 0 Å². The van der Waals surface area contributed by atoms with E-state index in [2.05, 4.69) is 9.89 Å². The van der Waals surface area contributed by atoms with Gasteiger partial charge in [0.2, 0.25) is 5.76 Å². The number of nitrogens with zero attached hydrogens (tertiary/aromatic N) is 2. The summed E-state index contributed by atoms with van der Waals surface area (Å²) in [4.78, 5) is 25.1. The Balaban J connectivity index is 1.91. The number of carbonyl (C=O) groups excluding carboxylic acids is 2. The zero-order valence-electron chi connectivity index (χ0n) is 13.4. The molecule has 1 fully saturated rings. The molecule has 1 aromatic rings. The summed E-state index contributed by atoms with van der Waals surface area (Å²) in [7, 11) is 1.30. The lowest BCUT2D eigenvalue weighted by Crippen LogP contribution is -2.41. The summed E-state index contributed by atoms with van der Waals surface area (Å²) in [5, 5.41) is 3.93. The Hall–Kier alpha value is -2.05. The molecule has 0 bridgehead atoms. The minimum atomic E-state index is -0.537. The highest BCUT2D eigenvalue weighted by Crippen LogP contribution is 2.28. The van der Waals surface area contributed by atoms with Crippen molar-refractivity contribution in [1.82, 2.24) is 10.1 Å². The number of hydrogen-bond acceptors (Lipinski definition) is 6. The van der Waals surface area contributed by atoms with Gasteiger partial charge in [0.05, 0.1) is 12.8 Å². The van der Waals surface area contributed by atoms with E-state index in [1.165, 1.54) is 7.11 Å². The van der Waals surface area contributed by atoms with Gasteiger partial charge in [0.1, 0.15) is 5.60 Å². The largest absolute Gasteiger partial charge is 0.463 e. The second-order valence-electron chi connectivity index (χ2n) is 6.35. The van der Waals surface area contributed by atoms with Gasteiger partial charge in [-0.3, -0.25) is 0 Å². The fraction of sp³-hybridized carbons (Fsp3) is 0.667. The number of likely N-dealkylation sites (tertiary alicyclic amines) is 1. The first-order valence-corrected chi connectivity index (χ1v) is 7.33. The molecule has 2 rings (SSSR count). The predicted octanol–water partition coefficient (Wildman–Crippen LogP) is 2.58. The number of piperidine rings is 1. The molecule has 1 saturated heterocycles. The zero-order valence-corrected chi connectivity index (χ0v) is 13.4. The van der Waals surface area contributed by atoms with E-state index >= 15 is 0 Å². The second kappa shape index (κ2) is 6.37. The fourth-order valence-electron chi connectivity index (χ4n) is 2.36. The third-order valence-corrected chi connectivity index (χ3v) is 3.48. The lowest BCUT2D eigenvalue weighted by Gasteiger charge is -2.32. The summed E-state index contributed by atoms with van der Waals surface area (Å²) in [5.74, 6) is -0.266. The van der Waals surface area contributed by atoms with Gasteiger partial charge in [-0.1, -0.05) is 5.16 Å². The van der Waals surface area contributed by atoms with Crippen LogP contribution >= 0.6 is 0 Å². The third kappa shape index (κ3) is 3.99. The number of carbonyl (C=O) groups is 2. The smallest absolute Gasteiger partial charge is 0.410 e. The number of ether oxygens (including phenoxy) is 2. The van der Waals surface area contributed by atoms with Crippen molar-refractivity contribution >= 4 is 12.1 Å². The summed E-state index contributed by atoms with van der Waals surface area (Å²) >= 11 is 0. The molecule has 0 spiro atoms. The van der Waals surface area contributed by atoms with Crippen molar-refractivity contribution in [3.8, 4) is 0 Å². The van der Waals surface area contributed by atoms with Crippen LogP contribution in [0.3, 0.4) is 0 Å². The lowest BCUT2D eigenvalue weighted by atomic mass is 9.93. The predicted molar refractivity (Wildman–Crippen MR) is 77.6 cm³/mol. The molecule has 0 unspecified atom stereocenters. The summed E-state index contributed by atoms with van der Waals surface area (Å²) < 4.78 is 14.9. The number of hydrogen-bond donors (Lipinski definition) is 0. The summed E-state index contributed by atoms with van der Waals surface area (Å²) in [6.45, 7) is 6.74. The molecule has 0 saturated carbocycles. The summed E-state index contributed by atoms with van der Waals surface area (Å²) in [5.41, 5.74) is 0.236. The molecule has 1 amide bonds. The molecule has 1 aliphatic rings. The van der Waals surface area contributed by atoms with Gasteiger partial charge in [-0.15, -0.1) is 0 Å². The van der Waals surface area contributed by atoms with Crippen molar-refractivity contribution in [2.24, 2.45) is 0 Å². The van der Waals surface area contributed by atoms with Crippen LogP contribution in [-0.2, 0) is 9.47 Å². The first-order valence-electron chi connectivity index (χ1n) is 7.33. The average molecular weight is 310 g/mol. The van der Waals surface area contributed by atoms with Gasteiger partial charge in [-0.2, -0.15) is 0 Å². The maximum Gasteiger partial charge on any atom is 0.410 e. The monoisotopic (exact) mass is 310 g/mol. The molecule has 1 aliphatic heterocycles. The molecular weight excluding hydrogens is 288 g/mol. The van der Waals surface area contributed by atoms with Crippen LogP contribution in [0.15, 0.2) is 10.6 Å². The van der Waals surface area contributed by atoms with Gasteiger partial charge in [0, 0.05) is 25.1 Å². The van der Waals surface area contributed by atoms with E-state index < -0.39 is 11.6 Å². The van der Waals surface area contributed by atoms with Gasteiger partial charge in [0.25, 0.3) is 0 Å². The Morgan fingerprint density at radius 1 is 1.32 bits per heavy atom. The van der Waals surface area contributed by atoms with Crippen LogP contribution in [0, 0.1) is 0 Å². The quantitative estimate of drug-likeness (QED) is 0.781. The van der Waals surface area contributed by atoms with Gasteiger partial charge < -0.3 is 18.9 Å². The molecule has 0 aromatic carbocycles. The Morgan fingerprint density at radius 2 is 1.95 bits per heavy atom. The molecule has 122 valence electrons. The van der Waals surface area contributed by atoms with Crippen LogP contribution in [0.5, 0.6) is 0 Å². The summed E-state index contributed by atoms with van der Waals surface area (Å²) in [6.07, 6.45) is 1.22. The second-order valence-corrected chi connectivity index (χ2v) is 6.35. The number of esters is 1. The normalized spacial score (nSPS) is 16.5. The Labute approximate surface area is 129 Å². The van der Waals surface area contributed by atoms with Crippen LogP contribution in [0.4, 0.5) is 4.79 Å². The third-order valence-electron chi connectivity index (χ3n) is 3.48. The van der Waals surface area contributed by atoms with Crippen LogP contribution in [0.2, 0.25) is 0 Å². The van der Waals surface area contributed by atoms with Crippen LogP contribution in [-0.4, -0.2) is 47.9 Å². The van der Waals surface area contributed by atoms with Crippen molar-refractivity contribution < 1.29 is 23.6 Å². The van der Waals surface area contributed by atoms with Crippen molar-refractivity contribution in [3.63, 3.8) is 0 Å². The highest BCUT2D eigenvalue weighted by molar-refractivity contribution is 5.86. The molecular formula is C15H22N2O5. The van der Waals surface area contributed by atoms with E-state index in [1.807, 2.05) is 20.8 Å². The van der Waals surface area contributed by atoms with E-state index in [1.54, 1.807) is 11.0 Å². The van der Waals surface area contributed by atoms with Crippen LogP contribution < -0.4 is 0 Å². The molecule has 0 atom stereocenters. The van der Waals surface area contributed by atoms with E-state index in [4.69, 9.17) is 9.26 Å². The Morgan fingerprint density at radius 3 is 2.50 bits per heavy atom. The molecule has 7 nitrogen and oxygen atoms in total. The number of amides is 1. The molecule has 0 radical (unpaired) electrons. The maximum absolute atomic E-state index is 12.0. The fourth-order valence-corrected chi connectivity index (χ4v) is 2.36. The van der Waals surface area contributed by atoms with Gasteiger partial charge in [-0.25, -0.2) is 9.59 Å². The minimum Gasteiger partial charge on any atom is -0.463 e. The van der Waals surface area contributed by atoms with Gasteiger partial charge in [0.15, 0.2) is 0 Å². The van der Waals surface area contributed by atoms with Crippen molar-refractivity contribution in [2.45, 2.75) is 45.1 Å². The van der Waals surface area contributed by atoms with E-state index in [0.717, 1.165) is 18.5 Å². The molecule has 2 heterocycles. The van der Waals surface area contributed by atoms with E-state index in [0.29, 0.717) is 13.1 Å². The van der Waals surface area contributed by atoms with Crippen molar-refractivity contribution in [1.29, 1.82) is 0 Å². The number of methoxy groups -OCH3 is 1. The van der Waals surface area contributed by atoms with Crippen molar-refractivity contribution in [3.05, 3.63) is 17.5 Å². The first-order chi connectivity index (χ1) is 10.3. The summed E-state index contributed by atoms with van der Waals surface area (Å²) in [6, 6.07) is 1.61. The van der Waals surface area contributed by atoms with E-state index in [-0.39, 0.29) is 17.8 Å². The topological polar surface area (TPSA) is 81.9 Å². The molecule has 22 heavy (non-hydrogen) atoms. The SMILES string of the molecule is COC(=O)c1cc(C2CCN(C(=O)OC(C)(C)C)CC2)no1. The molecule has 7 heteroatoms. The zero-order chi connectivity index (χ0) is 16.3. The first kappa shape index (κ1) is 16.3. The van der Waals surface area contributed by atoms with Gasteiger partial charge >= 0.3 is 12.1 Å². The molecule has 1 aromatic heterocycles. The van der Waals surface area contributed by atoms with E-state index in [9.17, 15) is 9.59 Å². The standard InChI is InChI=1S/C15H22N2O5/c1-15(2,3)21-14(19)17-7-5-10(6-8-17)11-9-12(22-16-11)13(18)20-4/h9-10H,5-8H2,1-4H3. The Bertz CT molecular complexity index is 538. The number of rotatable bonds is 2. The highest BCUT2D eigenvalue weighted by Gasteiger charge is 2.29. The van der Waals surface area contributed by atoms with Crippen molar-refractivity contribution in [2.75, 3.05) is 20.2 Å². The number of aromatic nitrogens is 1. The van der Waals surface area contributed by atoms with Crippen LogP contribution in [0.1, 0.15) is 55.8 Å². The lowest BCUT2D eigenvalue weighted by molar-refractivity contribution is 0.0203. The Kier molecular flexibility index (Phi) is 4.73. The highest BCUT2D eigenvalue weighted by atomic mass is 16.6.